The molecule has 0 saturated heterocycles. The minimum absolute atomic E-state index is 0.0668. The molecule has 6 heteroatoms. The van der Waals surface area contributed by atoms with Gasteiger partial charge in [0.15, 0.2) is 11.5 Å². The smallest absolute Gasteiger partial charge is 0.255 e. The van der Waals surface area contributed by atoms with Gasteiger partial charge in [-0.15, -0.1) is 0 Å². The number of aryl methyl sites for hydroxylation is 1. The number of benzene rings is 1. The lowest BCUT2D eigenvalue weighted by molar-refractivity contribution is 0.0918. The number of fused-ring (bicyclic) bond motifs is 1. The zero-order valence-electron chi connectivity index (χ0n) is 13.0. The van der Waals surface area contributed by atoms with Gasteiger partial charge in [-0.3, -0.25) is 4.79 Å². The number of nitrogens with zero attached hydrogens (tertiary/aromatic N) is 2. The van der Waals surface area contributed by atoms with Gasteiger partial charge in [-0.1, -0.05) is 6.07 Å². The van der Waals surface area contributed by atoms with Crippen molar-refractivity contribution in [3.05, 3.63) is 42.0 Å². The van der Waals surface area contributed by atoms with E-state index in [1.54, 1.807) is 12.3 Å². The van der Waals surface area contributed by atoms with E-state index in [4.69, 9.17) is 9.47 Å². The van der Waals surface area contributed by atoms with E-state index in [1.807, 2.05) is 29.9 Å². The van der Waals surface area contributed by atoms with Gasteiger partial charge in [0.2, 0.25) is 0 Å². The van der Waals surface area contributed by atoms with Crippen LogP contribution in [0.4, 0.5) is 0 Å². The van der Waals surface area contributed by atoms with Gasteiger partial charge in [0, 0.05) is 19.4 Å². The maximum Gasteiger partial charge on any atom is 0.255 e. The molecular weight excluding hydrogens is 294 g/mol. The summed E-state index contributed by atoms with van der Waals surface area (Å²) in [6, 6.07) is 5.34. The fraction of sp³-hybridized carbons (Fsp3) is 0.412. The predicted octanol–water partition coefficient (Wildman–Crippen LogP) is 2.07. The first-order valence-corrected chi connectivity index (χ1v) is 7.91. The Labute approximate surface area is 134 Å². The second kappa shape index (κ2) is 5.61. The molecule has 2 heterocycles. The first-order valence-electron chi connectivity index (χ1n) is 7.91. The molecule has 1 fully saturated rings. The molecule has 6 nitrogen and oxygen atoms in total. The second-order valence-corrected chi connectivity index (χ2v) is 6.01. The zero-order valence-corrected chi connectivity index (χ0v) is 13.0. The molecule has 0 bridgehead atoms. The monoisotopic (exact) mass is 313 g/mol. The van der Waals surface area contributed by atoms with E-state index in [0.717, 1.165) is 18.7 Å². The molecule has 4 rings (SSSR count). The third kappa shape index (κ3) is 2.65. The van der Waals surface area contributed by atoms with Gasteiger partial charge in [0.25, 0.3) is 5.91 Å². The summed E-state index contributed by atoms with van der Waals surface area (Å²) in [5, 5.41) is 3.13. The Bertz CT molecular complexity index is 736. The molecule has 1 aromatic carbocycles. The minimum atomic E-state index is -0.146. The Morgan fingerprint density at radius 1 is 1.35 bits per heavy atom. The largest absolute Gasteiger partial charge is 0.486 e. The van der Waals surface area contributed by atoms with Gasteiger partial charge in [0.1, 0.15) is 19.0 Å². The molecule has 1 aliphatic carbocycles. The summed E-state index contributed by atoms with van der Waals surface area (Å²) in [6.07, 6.45) is 5.89. The Morgan fingerprint density at radius 2 is 2.17 bits per heavy atom. The highest BCUT2D eigenvalue weighted by Crippen LogP contribution is 2.41. The van der Waals surface area contributed by atoms with Crippen molar-refractivity contribution in [2.75, 3.05) is 13.2 Å². The molecule has 1 amide bonds. The van der Waals surface area contributed by atoms with Crippen molar-refractivity contribution in [3.8, 4) is 11.5 Å². The van der Waals surface area contributed by atoms with Gasteiger partial charge >= 0.3 is 0 Å². The van der Waals surface area contributed by atoms with Crippen molar-refractivity contribution in [2.45, 2.75) is 18.9 Å². The molecule has 120 valence electrons. The van der Waals surface area contributed by atoms with E-state index in [1.165, 1.54) is 0 Å². The molecule has 0 unspecified atom stereocenters. The van der Waals surface area contributed by atoms with Crippen LogP contribution in [0.3, 0.4) is 0 Å². The summed E-state index contributed by atoms with van der Waals surface area (Å²) >= 11 is 0. The summed E-state index contributed by atoms with van der Waals surface area (Å²) in [6.45, 7) is 0.971. The highest BCUT2D eigenvalue weighted by Gasteiger charge is 2.36. The van der Waals surface area contributed by atoms with E-state index in [0.29, 0.717) is 36.2 Å². The van der Waals surface area contributed by atoms with Crippen LogP contribution in [0.25, 0.3) is 0 Å². The van der Waals surface area contributed by atoms with Gasteiger partial charge in [-0.2, -0.15) is 0 Å². The Morgan fingerprint density at radius 3 is 2.91 bits per heavy atom. The number of aromatic nitrogens is 2. The maximum absolute atomic E-state index is 12.8. The number of para-hydroxylation sites is 1. The molecule has 23 heavy (non-hydrogen) atoms. The van der Waals surface area contributed by atoms with Gasteiger partial charge in [-0.25, -0.2) is 4.98 Å². The number of carbonyl (C=O) groups is 1. The summed E-state index contributed by atoms with van der Waals surface area (Å²) in [4.78, 5) is 17.2. The average molecular weight is 313 g/mol. The molecule has 2 aliphatic rings. The number of hydrogen-bond donors (Lipinski definition) is 1. The van der Waals surface area contributed by atoms with Crippen molar-refractivity contribution in [3.63, 3.8) is 0 Å². The average Bonchev–Trinajstić information content (AvgIpc) is 3.33. The van der Waals surface area contributed by atoms with Gasteiger partial charge in [0.05, 0.1) is 11.6 Å². The van der Waals surface area contributed by atoms with Crippen LogP contribution in [-0.2, 0) is 7.05 Å². The lowest BCUT2D eigenvalue weighted by Gasteiger charge is -2.22. The fourth-order valence-corrected chi connectivity index (χ4v) is 2.97. The Balaban J connectivity index is 1.61. The SMILES string of the molecule is Cn1ccnc1[C@H](NC(=O)c1cccc2c1OCCO2)C1CC1. The first-order chi connectivity index (χ1) is 11.2. The number of nitrogens with one attached hydrogen (secondary N) is 1. The van der Waals surface area contributed by atoms with Crippen molar-refractivity contribution < 1.29 is 14.3 Å². The van der Waals surface area contributed by atoms with Crippen LogP contribution in [0, 0.1) is 5.92 Å². The predicted molar refractivity (Wildman–Crippen MR) is 83.6 cm³/mol. The molecule has 1 N–H and O–H groups in total. The number of rotatable bonds is 4. The topological polar surface area (TPSA) is 65.4 Å². The first kappa shape index (κ1) is 14.1. The van der Waals surface area contributed by atoms with E-state index >= 15 is 0 Å². The molecule has 1 aliphatic heterocycles. The number of carbonyl (C=O) groups excluding carboxylic acids is 1. The molecule has 1 atom stereocenters. The molecule has 2 aromatic rings. The number of hydrogen-bond acceptors (Lipinski definition) is 4. The zero-order chi connectivity index (χ0) is 15.8. The van der Waals surface area contributed by atoms with Crippen LogP contribution in [0.15, 0.2) is 30.6 Å². The summed E-state index contributed by atoms with van der Waals surface area (Å²) in [7, 11) is 1.95. The fourth-order valence-electron chi connectivity index (χ4n) is 2.97. The second-order valence-electron chi connectivity index (χ2n) is 6.01. The van der Waals surface area contributed by atoms with Crippen LogP contribution in [-0.4, -0.2) is 28.7 Å². The lowest BCUT2D eigenvalue weighted by atomic mass is 10.1. The van der Waals surface area contributed by atoms with Crippen molar-refractivity contribution >= 4 is 5.91 Å². The Hall–Kier alpha value is -2.50. The highest BCUT2D eigenvalue weighted by atomic mass is 16.6. The lowest BCUT2D eigenvalue weighted by Crippen LogP contribution is -2.32. The third-order valence-corrected chi connectivity index (χ3v) is 4.33. The summed E-state index contributed by atoms with van der Waals surface area (Å²) < 4.78 is 13.2. The van der Waals surface area contributed by atoms with Crippen LogP contribution >= 0.6 is 0 Å². The maximum atomic E-state index is 12.8. The van der Waals surface area contributed by atoms with Crippen LogP contribution in [0.5, 0.6) is 11.5 Å². The quantitative estimate of drug-likeness (QED) is 0.938. The van der Waals surface area contributed by atoms with Crippen molar-refractivity contribution in [1.82, 2.24) is 14.9 Å². The van der Waals surface area contributed by atoms with E-state index in [-0.39, 0.29) is 11.9 Å². The molecule has 0 radical (unpaired) electrons. The minimum Gasteiger partial charge on any atom is -0.486 e. The normalized spacial score (nSPS) is 17.6. The number of ether oxygens (including phenoxy) is 2. The van der Waals surface area contributed by atoms with Crippen LogP contribution in [0.1, 0.15) is 35.1 Å². The number of imidazole rings is 1. The highest BCUT2D eigenvalue weighted by molar-refractivity contribution is 5.98. The molecule has 1 aromatic heterocycles. The van der Waals surface area contributed by atoms with E-state index in [2.05, 4.69) is 10.3 Å². The molecular formula is C17H19N3O3. The van der Waals surface area contributed by atoms with Crippen molar-refractivity contribution in [2.24, 2.45) is 13.0 Å². The Kier molecular flexibility index (Phi) is 3.44. The molecule has 0 spiro atoms. The summed E-state index contributed by atoms with van der Waals surface area (Å²) in [5.41, 5.74) is 0.516. The standard InChI is InChI=1S/C17H19N3O3/c1-20-8-7-18-16(20)14(11-5-6-11)19-17(21)12-3-2-4-13-15(12)23-10-9-22-13/h2-4,7-8,11,14H,5-6,9-10H2,1H3,(H,19,21)/t14-/m1/s1. The van der Waals surface area contributed by atoms with Crippen molar-refractivity contribution in [1.29, 1.82) is 0 Å². The van der Waals surface area contributed by atoms with E-state index < -0.39 is 0 Å². The molecule has 1 saturated carbocycles. The van der Waals surface area contributed by atoms with Gasteiger partial charge < -0.3 is 19.4 Å². The van der Waals surface area contributed by atoms with Crippen LogP contribution in [0.2, 0.25) is 0 Å². The third-order valence-electron chi connectivity index (χ3n) is 4.33. The van der Waals surface area contributed by atoms with E-state index in [9.17, 15) is 4.79 Å². The van der Waals surface area contributed by atoms with Crippen LogP contribution < -0.4 is 14.8 Å². The van der Waals surface area contributed by atoms with Gasteiger partial charge in [-0.05, 0) is 30.9 Å². The number of amides is 1. The summed E-state index contributed by atoms with van der Waals surface area (Å²) in [5.74, 6) is 2.36.